The smallest absolute Gasteiger partial charge is 0.239 e. The summed E-state index contributed by atoms with van der Waals surface area (Å²) in [5.74, 6) is 0.994. The number of rotatable bonds is 4. The maximum absolute atomic E-state index is 13.2. The molecular formula is C20H33BrN4O2S. The highest BCUT2D eigenvalue weighted by Gasteiger charge is 2.45. The van der Waals surface area contributed by atoms with Gasteiger partial charge in [0.1, 0.15) is 5.50 Å². The Balaban J connectivity index is 1.12. The van der Waals surface area contributed by atoms with Crippen molar-refractivity contribution in [2.75, 3.05) is 19.6 Å². The Morgan fingerprint density at radius 2 is 2.07 bits per heavy atom. The molecule has 0 aromatic rings. The van der Waals surface area contributed by atoms with Crippen LogP contribution in [0.3, 0.4) is 0 Å². The Hall–Kier alpha value is 0.140. The van der Waals surface area contributed by atoms with Gasteiger partial charge in [-0.3, -0.25) is 15.4 Å². The molecule has 5 aliphatic rings. The van der Waals surface area contributed by atoms with Gasteiger partial charge >= 0.3 is 0 Å². The molecule has 5 rings (SSSR count). The van der Waals surface area contributed by atoms with Crippen LogP contribution in [0.4, 0.5) is 0 Å². The molecule has 28 heavy (non-hydrogen) atoms. The van der Waals surface area contributed by atoms with Crippen LogP contribution < -0.4 is 16.0 Å². The highest BCUT2D eigenvalue weighted by atomic mass is 79.9. The van der Waals surface area contributed by atoms with E-state index in [4.69, 9.17) is 0 Å². The lowest BCUT2D eigenvalue weighted by Gasteiger charge is -2.37. The molecule has 7 unspecified atom stereocenters. The van der Waals surface area contributed by atoms with Crippen LogP contribution in [0.5, 0.6) is 0 Å². The summed E-state index contributed by atoms with van der Waals surface area (Å²) in [5.41, 5.74) is -0.296. The van der Waals surface area contributed by atoms with Gasteiger partial charge in [-0.25, -0.2) is 0 Å². The fraction of sp³-hybridized carbons (Fsp3) is 0.950. The van der Waals surface area contributed by atoms with Gasteiger partial charge in [-0.05, 0) is 57.3 Å². The second-order valence-electron chi connectivity index (χ2n) is 9.59. The Bertz CT molecular complexity index is 607. The molecule has 8 heteroatoms. The monoisotopic (exact) mass is 472 g/mol. The van der Waals surface area contributed by atoms with Crippen LogP contribution in [0.25, 0.3) is 0 Å². The zero-order valence-corrected chi connectivity index (χ0v) is 18.8. The van der Waals surface area contributed by atoms with Gasteiger partial charge in [0, 0.05) is 41.8 Å². The van der Waals surface area contributed by atoms with Crippen LogP contribution in [0.2, 0.25) is 0 Å². The van der Waals surface area contributed by atoms with Crippen molar-refractivity contribution >= 4 is 33.6 Å². The van der Waals surface area contributed by atoms with Gasteiger partial charge in [-0.2, -0.15) is 0 Å². The number of thioether (sulfide) groups is 1. The van der Waals surface area contributed by atoms with Crippen LogP contribution >= 0.6 is 27.7 Å². The number of hydrogen-bond acceptors (Lipinski definition) is 6. The van der Waals surface area contributed by atoms with Gasteiger partial charge in [0.05, 0.1) is 11.6 Å². The molecule has 7 atom stereocenters. The zero-order chi connectivity index (χ0) is 19.3. The first-order valence-electron chi connectivity index (χ1n) is 11.1. The van der Waals surface area contributed by atoms with Crippen molar-refractivity contribution in [2.45, 2.75) is 90.7 Å². The lowest BCUT2D eigenvalue weighted by Crippen LogP contribution is -2.54. The van der Waals surface area contributed by atoms with E-state index in [0.29, 0.717) is 40.5 Å². The summed E-state index contributed by atoms with van der Waals surface area (Å²) in [4.78, 5) is 15.9. The van der Waals surface area contributed by atoms with Crippen molar-refractivity contribution in [2.24, 2.45) is 5.92 Å². The van der Waals surface area contributed by atoms with E-state index >= 15 is 0 Å². The molecule has 2 saturated carbocycles. The molecule has 3 aliphatic heterocycles. The molecule has 0 aromatic heterocycles. The Labute approximate surface area is 180 Å². The molecule has 3 saturated heterocycles. The lowest BCUT2D eigenvalue weighted by molar-refractivity contribution is -0.134. The molecule has 0 spiro atoms. The summed E-state index contributed by atoms with van der Waals surface area (Å²) in [6, 6.07) is 0.999. The minimum absolute atomic E-state index is 0.0190. The van der Waals surface area contributed by atoms with E-state index in [1.165, 1.54) is 12.8 Å². The molecule has 0 radical (unpaired) electrons. The maximum atomic E-state index is 13.2. The molecule has 5 fully saturated rings. The third-order valence-corrected chi connectivity index (χ3v) is 9.86. The van der Waals surface area contributed by atoms with E-state index in [9.17, 15) is 9.90 Å². The fourth-order valence-corrected chi connectivity index (χ4v) is 7.81. The standard InChI is InChI=1S/C20H33BrN4O2S/c21-13-3-2-12-8-16(23-15(12)9-13)18(26)25-7-4-14-17(10-25)28-19(24-14)22-11-20(27)5-1-6-20/h12-17,19,22-24,27H,1-11H2. The summed E-state index contributed by atoms with van der Waals surface area (Å²) in [7, 11) is 0. The van der Waals surface area contributed by atoms with E-state index in [-0.39, 0.29) is 11.5 Å². The van der Waals surface area contributed by atoms with Crippen LogP contribution in [0, 0.1) is 5.92 Å². The van der Waals surface area contributed by atoms with E-state index in [2.05, 4.69) is 36.8 Å². The number of halogens is 1. The van der Waals surface area contributed by atoms with Crippen LogP contribution in [0.15, 0.2) is 0 Å². The molecule has 2 aliphatic carbocycles. The van der Waals surface area contributed by atoms with Gasteiger partial charge in [-0.15, -0.1) is 11.8 Å². The van der Waals surface area contributed by atoms with Gasteiger partial charge in [0.2, 0.25) is 5.91 Å². The number of piperidine rings is 1. The van der Waals surface area contributed by atoms with Crippen molar-refractivity contribution in [1.29, 1.82) is 0 Å². The molecule has 0 bridgehead atoms. The van der Waals surface area contributed by atoms with Crippen LogP contribution in [-0.2, 0) is 4.79 Å². The number of fused-ring (bicyclic) bond motifs is 2. The van der Waals surface area contributed by atoms with Crippen LogP contribution in [0.1, 0.15) is 51.4 Å². The first-order chi connectivity index (χ1) is 13.5. The Kier molecular flexibility index (Phi) is 5.73. The average Bonchev–Trinajstić information content (AvgIpc) is 3.26. The summed E-state index contributed by atoms with van der Waals surface area (Å²) in [6.07, 6.45) is 8.64. The quantitative estimate of drug-likeness (QED) is 0.463. The van der Waals surface area contributed by atoms with Crippen LogP contribution in [-0.4, -0.2) is 74.8 Å². The van der Waals surface area contributed by atoms with Crippen molar-refractivity contribution in [3.63, 3.8) is 0 Å². The van der Waals surface area contributed by atoms with Crippen molar-refractivity contribution in [3.8, 4) is 0 Å². The molecule has 6 nitrogen and oxygen atoms in total. The number of hydrogen-bond donors (Lipinski definition) is 4. The summed E-state index contributed by atoms with van der Waals surface area (Å²) in [6.45, 7) is 2.38. The number of amides is 1. The molecule has 158 valence electrons. The minimum Gasteiger partial charge on any atom is -0.389 e. The van der Waals surface area contributed by atoms with E-state index in [1.807, 2.05) is 11.8 Å². The number of carbonyl (C=O) groups is 1. The lowest BCUT2D eigenvalue weighted by atomic mass is 9.80. The number of likely N-dealkylation sites (tertiary alicyclic amines) is 1. The van der Waals surface area contributed by atoms with E-state index < -0.39 is 5.60 Å². The first kappa shape index (κ1) is 20.1. The van der Waals surface area contributed by atoms with Gasteiger partial charge in [-0.1, -0.05) is 15.9 Å². The highest BCUT2D eigenvalue weighted by Crippen LogP contribution is 2.38. The fourth-order valence-electron chi connectivity index (χ4n) is 5.70. The number of nitrogens with zero attached hydrogens (tertiary/aromatic N) is 1. The SMILES string of the molecule is O=C(C1CC2CCC(Br)CC2N1)N1CCC2NC(NCC3(O)CCC3)SC2C1. The largest absolute Gasteiger partial charge is 0.389 e. The van der Waals surface area contributed by atoms with Crippen molar-refractivity contribution in [1.82, 2.24) is 20.9 Å². The molecule has 1 amide bonds. The van der Waals surface area contributed by atoms with Crippen molar-refractivity contribution in [3.05, 3.63) is 0 Å². The average molecular weight is 473 g/mol. The van der Waals surface area contributed by atoms with Gasteiger partial charge < -0.3 is 15.3 Å². The number of carbonyl (C=O) groups excluding carboxylic acids is 1. The zero-order valence-electron chi connectivity index (χ0n) is 16.4. The predicted octanol–water partition coefficient (Wildman–Crippen LogP) is 1.37. The molecular weight excluding hydrogens is 440 g/mol. The first-order valence-corrected chi connectivity index (χ1v) is 12.9. The van der Waals surface area contributed by atoms with E-state index in [0.717, 1.165) is 51.6 Å². The third kappa shape index (κ3) is 4.02. The molecule has 4 N–H and O–H groups in total. The number of alkyl halides is 1. The maximum Gasteiger partial charge on any atom is 0.239 e. The van der Waals surface area contributed by atoms with Gasteiger partial charge in [0.25, 0.3) is 0 Å². The second kappa shape index (κ2) is 8.00. The summed E-state index contributed by atoms with van der Waals surface area (Å²) < 4.78 is 0. The minimum atomic E-state index is -0.489. The summed E-state index contributed by atoms with van der Waals surface area (Å²) >= 11 is 5.66. The topological polar surface area (TPSA) is 76.6 Å². The Morgan fingerprint density at radius 1 is 1.21 bits per heavy atom. The van der Waals surface area contributed by atoms with E-state index in [1.54, 1.807) is 0 Å². The summed E-state index contributed by atoms with van der Waals surface area (Å²) in [5, 5.41) is 21.6. The Morgan fingerprint density at radius 3 is 2.86 bits per heavy atom. The highest BCUT2D eigenvalue weighted by molar-refractivity contribution is 9.09. The molecule has 0 aromatic carbocycles. The van der Waals surface area contributed by atoms with Crippen molar-refractivity contribution < 1.29 is 9.90 Å². The van der Waals surface area contributed by atoms with Gasteiger partial charge in [0.15, 0.2) is 0 Å². The molecule has 3 heterocycles. The predicted molar refractivity (Wildman–Crippen MR) is 115 cm³/mol. The third-order valence-electron chi connectivity index (χ3n) is 7.63. The number of aliphatic hydroxyl groups is 1. The second-order valence-corrected chi connectivity index (χ2v) is 12.2. The normalized spacial score (nSPS) is 44.6. The number of nitrogens with one attached hydrogen (secondary N) is 3.